The Bertz CT molecular complexity index is 635. The van der Waals surface area contributed by atoms with Gasteiger partial charge in [-0.3, -0.25) is 4.72 Å². The molecule has 0 saturated carbocycles. The summed E-state index contributed by atoms with van der Waals surface area (Å²) in [7, 11) is -2.10. The van der Waals surface area contributed by atoms with Gasteiger partial charge in [0.25, 0.3) is 10.0 Å². The average molecular weight is 285 g/mol. The molecule has 0 atom stereocenters. The molecule has 0 aliphatic carbocycles. The average Bonchev–Trinajstić information content (AvgIpc) is 2.74. The molecule has 2 rings (SSSR count). The minimum absolute atomic E-state index is 0.149. The molecule has 2 aromatic rings. The van der Waals surface area contributed by atoms with Crippen LogP contribution in [0.5, 0.6) is 5.75 Å². The molecule has 1 N–H and O–H groups in total. The van der Waals surface area contributed by atoms with Crippen LogP contribution < -0.4 is 9.46 Å². The van der Waals surface area contributed by atoms with Crippen LogP contribution in [0, 0.1) is 6.92 Å². The van der Waals surface area contributed by atoms with Crippen LogP contribution in [0.15, 0.2) is 29.2 Å². The number of aryl methyl sites for hydroxylation is 1. The summed E-state index contributed by atoms with van der Waals surface area (Å²) in [4.78, 5) is 4.10. The third-order valence-electron chi connectivity index (χ3n) is 2.12. The van der Waals surface area contributed by atoms with Crippen LogP contribution in [0.1, 0.15) is 5.82 Å². The van der Waals surface area contributed by atoms with Gasteiger partial charge < -0.3 is 4.74 Å². The highest BCUT2D eigenvalue weighted by molar-refractivity contribution is 7.93. The van der Waals surface area contributed by atoms with Crippen molar-refractivity contribution >= 4 is 26.7 Å². The first kappa shape index (κ1) is 12.8. The van der Waals surface area contributed by atoms with Gasteiger partial charge in [-0.25, -0.2) is 13.4 Å². The van der Waals surface area contributed by atoms with Crippen molar-refractivity contribution in [2.24, 2.45) is 0 Å². The Morgan fingerprint density at radius 3 is 2.44 bits per heavy atom. The minimum atomic E-state index is -3.62. The van der Waals surface area contributed by atoms with Crippen molar-refractivity contribution < 1.29 is 13.2 Å². The molecule has 0 aliphatic rings. The molecule has 1 heterocycles. The summed E-state index contributed by atoms with van der Waals surface area (Å²) >= 11 is 1.00. The van der Waals surface area contributed by atoms with E-state index in [9.17, 15) is 8.42 Å². The summed E-state index contributed by atoms with van der Waals surface area (Å²) in [5.74, 6) is 1.13. The predicted molar refractivity (Wildman–Crippen MR) is 68.4 cm³/mol. The van der Waals surface area contributed by atoms with Gasteiger partial charge in [0.15, 0.2) is 0 Å². The summed E-state index contributed by atoms with van der Waals surface area (Å²) < 4.78 is 35.2. The van der Waals surface area contributed by atoms with E-state index in [1.165, 1.54) is 19.2 Å². The van der Waals surface area contributed by atoms with E-state index in [0.29, 0.717) is 11.6 Å². The highest BCUT2D eigenvalue weighted by atomic mass is 32.2. The number of hydrogen-bond acceptors (Lipinski definition) is 6. The Hall–Kier alpha value is -1.67. The Balaban J connectivity index is 2.24. The van der Waals surface area contributed by atoms with Crippen molar-refractivity contribution in [1.82, 2.24) is 9.36 Å². The fraction of sp³-hybridized carbons (Fsp3) is 0.200. The Morgan fingerprint density at radius 1 is 1.28 bits per heavy atom. The summed E-state index contributed by atoms with van der Waals surface area (Å²) in [6.07, 6.45) is 0. The molecular weight excluding hydrogens is 274 g/mol. The van der Waals surface area contributed by atoms with Crippen molar-refractivity contribution in [1.29, 1.82) is 0 Å². The lowest BCUT2D eigenvalue weighted by Crippen LogP contribution is -2.12. The maximum Gasteiger partial charge on any atom is 0.263 e. The third kappa shape index (κ3) is 2.77. The summed E-state index contributed by atoms with van der Waals surface area (Å²) in [5, 5.41) is 0.253. The summed E-state index contributed by atoms with van der Waals surface area (Å²) in [6.45, 7) is 1.70. The van der Waals surface area contributed by atoms with E-state index in [-0.39, 0.29) is 10.0 Å². The number of aromatic nitrogens is 2. The van der Waals surface area contributed by atoms with E-state index in [0.717, 1.165) is 11.5 Å². The van der Waals surface area contributed by atoms with Gasteiger partial charge in [0.05, 0.1) is 12.0 Å². The standard InChI is InChI=1S/C10H11N3O3S2/c1-7-11-10(17-12-7)13-18(14,15)9-5-3-8(16-2)4-6-9/h3-6H,1-2H3,(H,11,12,13). The van der Waals surface area contributed by atoms with Crippen molar-refractivity contribution in [3.8, 4) is 5.75 Å². The first-order valence-corrected chi connectivity index (χ1v) is 7.24. The number of nitrogens with zero attached hydrogens (tertiary/aromatic N) is 2. The van der Waals surface area contributed by atoms with Gasteiger partial charge in [0, 0.05) is 11.5 Å². The molecule has 0 amide bonds. The van der Waals surface area contributed by atoms with Crippen LogP contribution in [0.3, 0.4) is 0 Å². The number of benzene rings is 1. The van der Waals surface area contributed by atoms with E-state index in [1.807, 2.05) is 0 Å². The number of hydrogen-bond donors (Lipinski definition) is 1. The van der Waals surface area contributed by atoms with E-state index in [1.54, 1.807) is 19.1 Å². The van der Waals surface area contributed by atoms with Crippen LogP contribution >= 0.6 is 11.5 Å². The van der Waals surface area contributed by atoms with Gasteiger partial charge in [-0.05, 0) is 31.2 Å². The molecular formula is C10H11N3O3S2. The van der Waals surface area contributed by atoms with E-state index in [2.05, 4.69) is 14.1 Å². The number of anilines is 1. The van der Waals surface area contributed by atoms with Crippen molar-refractivity contribution in [2.75, 3.05) is 11.8 Å². The first-order chi connectivity index (χ1) is 8.51. The third-order valence-corrected chi connectivity index (χ3v) is 4.32. The van der Waals surface area contributed by atoms with Crippen molar-refractivity contribution in [2.45, 2.75) is 11.8 Å². The molecule has 0 spiro atoms. The lowest BCUT2D eigenvalue weighted by Gasteiger charge is -2.05. The maximum absolute atomic E-state index is 12.0. The highest BCUT2D eigenvalue weighted by Gasteiger charge is 2.16. The molecule has 0 fully saturated rings. The SMILES string of the molecule is COc1ccc(S(=O)(=O)Nc2nc(C)ns2)cc1. The summed E-state index contributed by atoms with van der Waals surface area (Å²) in [5.41, 5.74) is 0. The smallest absolute Gasteiger partial charge is 0.263 e. The lowest BCUT2D eigenvalue weighted by atomic mass is 10.3. The Kier molecular flexibility index (Phi) is 3.48. The fourth-order valence-corrected chi connectivity index (χ4v) is 3.07. The molecule has 8 heteroatoms. The zero-order valence-corrected chi connectivity index (χ0v) is 11.4. The molecule has 0 radical (unpaired) electrons. The molecule has 0 bridgehead atoms. The second-order valence-electron chi connectivity index (χ2n) is 3.43. The van der Waals surface area contributed by atoms with Gasteiger partial charge in [-0.15, -0.1) is 0 Å². The minimum Gasteiger partial charge on any atom is -0.497 e. The van der Waals surface area contributed by atoms with Crippen LogP contribution in [0.2, 0.25) is 0 Å². The second kappa shape index (κ2) is 4.91. The number of nitrogens with one attached hydrogen (secondary N) is 1. The van der Waals surface area contributed by atoms with Crippen molar-refractivity contribution in [3.63, 3.8) is 0 Å². The number of rotatable bonds is 4. The fourth-order valence-electron chi connectivity index (χ4n) is 1.27. The second-order valence-corrected chi connectivity index (χ2v) is 5.86. The monoisotopic (exact) mass is 285 g/mol. The van der Waals surface area contributed by atoms with Crippen molar-refractivity contribution in [3.05, 3.63) is 30.1 Å². The van der Waals surface area contributed by atoms with Gasteiger partial charge in [0.1, 0.15) is 11.6 Å². The number of sulfonamides is 1. The normalized spacial score (nSPS) is 11.2. The largest absolute Gasteiger partial charge is 0.497 e. The molecule has 0 unspecified atom stereocenters. The first-order valence-electron chi connectivity index (χ1n) is 4.98. The van der Waals surface area contributed by atoms with Gasteiger partial charge in [0.2, 0.25) is 5.13 Å². The quantitative estimate of drug-likeness (QED) is 0.924. The Labute approximate surface area is 109 Å². The zero-order chi connectivity index (χ0) is 13.2. The topological polar surface area (TPSA) is 81.2 Å². The lowest BCUT2D eigenvalue weighted by molar-refractivity contribution is 0.414. The van der Waals surface area contributed by atoms with Gasteiger partial charge >= 0.3 is 0 Å². The molecule has 1 aromatic carbocycles. The molecule has 0 aliphatic heterocycles. The van der Waals surface area contributed by atoms with E-state index >= 15 is 0 Å². The molecule has 96 valence electrons. The van der Waals surface area contributed by atoms with E-state index < -0.39 is 10.0 Å². The van der Waals surface area contributed by atoms with Crippen LogP contribution in [-0.2, 0) is 10.0 Å². The maximum atomic E-state index is 12.0. The predicted octanol–water partition coefficient (Wildman–Crippen LogP) is 1.66. The van der Waals surface area contributed by atoms with Crippen LogP contribution in [0.25, 0.3) is 0 Å². The van der Waals surface area contributed by atoms with Crippen LogP contribution in [-0.4, -0.2) is 24.9 Å². The van der Waals surface area contributed by atoms with Gasteiger partial charge in [-0.2, -0.15) is 4.37 Å². The highest BCUT2D eigenvalue weighted by Crippen LogP contribution is 2.19. The molecule has 18 heavy (non-hydrogen) atoms. The number of methoxy groups -OCH3 is 1. The molecule has 0 saturated heterocycles. The van der Waals surface area contributed by atoms with Crippen LogP contribution in [0.4, 0.5) is 5.13 Å². The molecule has 1 aromatic heterocycles. The summed E-state index contributed by atoms with van der Waals surface area (Å²) in [6, 6.07) is 6.10. The zero-order valence-electron chi connectivity index (χ0n) is 9.75. The Morgan fingerprint density at radius 2 is 1.94 bits per heavy atom. The van der Waals surface area contributed by atoms with Gasteiger partial charge in [-0.1, -0.05) is 0 Å². The number of ether oxygens (including phenoxy) is 1. The van der Waals surface area contributed by atoms with E-state index in [4.69, 9.17) is 4.74 Å². The molecule has 6 nitrogen and oxygen atoms in total.